The molecule has 1 rings (SSSR count). The van der Waals surface area contributed by atoms with Crippen LogP contribution in [0.2, 0.25) is 0 Å². The van der Waals surface area contributed by atoms with Gasteiger partial charge in [0.05, 0.1) is 7.11 Å². The van der Waals surface area contributed by atoms with Crippen molar-refractivity contribution in [1.29, 1.82) is 0 Å². The molecule has 1 aromatic rings. The zero-order chi connectivity index (χ0) is 15.4. The molecular weight excluding hydrogens is 281 g/mol. The highest BCUT2D eigenvalue weighted by Gasteiger charge is 2.55. The third-order valence-electron chi connectivity index (χ3n) is 2.57. The highest BCUT2D eigenvalue weighted by molar-refractivity contribution is 5.47. The first-order valence-electron chi connectivity index (χ1n) is 5.66. The monoisotopic (exact) mass is 295 g/mol. The average molecular weight is 295 g/mol. The lowest BCUT2D eigenvalue weighted by Crippen LogP contribution is -2.50. The maximum absolute atomic E-state index is 13.5. The molecule has 0 amide bonds. The number of nitrogens with one attached hydrogen (secondary N) is 1. The second-order valence-corrected chi connectivity index (χ2v) is 4.10. The van der Waals surface area contributed by atoms with Gasteiger partial charge in [-0.1, -0.05) is 6.08 Å². The Morgan fingerprint density at radius 1 is 1.20 bits per heavy atom. The van der Waals surface area contributed by atoms with Gasteiger partial charge in [0.2, 0.25) is 0 Å². The molecule has 0 aliphatic carbocycles. The van der Waals surface area contributed by atoms with Crippen molar-refractivity contribution < 1.29 is 26.7 Å². The number of ether oxygens (including phenoxy) is 1. The Kier molecular flexibility index (Phi) is 4.97. The van der Waals surface area contributed by atoms with E-state index in [1.54, 1.807) is 0 Å². The number of methoxy groups -OCH3 is 1. The van der Waals surface area contributed by atoms with E-state index in [9.17, 15) is 22.0 Å². The molecule has 1 aromatic carbocycles. The molecule has 0 radical (unpaired) electrons. The Labute approximate surface area is 113 Å². The van der Waals surface area contributed by atoms with E-state index in [0.29, 0.717) is 5.75 Å². The average Bonchev–Trinajstić information content (AvgIpc) is 2.35. The summed E-state index contributed by atoms with van der Waals surface area (Å²) in [5, 5.41) is 1.82. The SMILES string of the molecule is C=CCC(F)(F)C(Nc1ccc(OC)cc1)C(F)(F)F. The van der Waals surface area contributed by atoms with E-state index in [2.05, 4.69) is 6.58 Å². The van der Waals surface area contributed by atoms with Crippen molar-refractivity contribution in [1.82, 2.24) is 0 Å². The molecule has 112 valence electrons. The highest BCUT2D eigenvalue weighted by Crippen LogP contribution is 2.37. The first kappa shape index (κ1) is 16.3. The van der Waals surface area contributed by atoms with Gasteiger partial charge in [-0.05, 0) is 24.3 Å². The summed E-state index contributed by atoms with van der Waals surface area (Å²) < 4.78 is 70.2. The van der Waals surface area contributed by atoms with Gasteiger partial charge in [0.15, 0.2) is 6.04 Å². The number of anilines is 1. The van der Waals surface area contributed by atoms with Gasteiger partial charge in [0.25, 0.3) is 5.92 Å². The van der Waals surface area contributed by atoms with Crippen LogP contribution in [0.25, 0.3) is 0 Å². The molecule has 7 heteroatoms. The van der Waals surface area contributed by atoms with Gasteiger partial charge < -0.3 is 10.1 Å². The molecule has 20 heavy (non-hydrogen) atoms. The lowest BCUT2D eigenvalue weighted by atomic mass is 10.1. The number of alkyl halides is 5. The fourth-order valence-corrected chi connectivity index (χ4v) is 1.59. The van der Waals surface area contributed by atoms with Crippen LogP contribution in [0.5, 0.6) is 5.75 Å². The van der Waals surface area contributed by atoms with Crippen molar-refractivity contribution in [3.8, 4) is 5.75 Å². The molecule has 0 saturated heterocycles. The minimum Gasteiger partial charge on any atom is -0.497 e. The fourth-order valence-electron chi connectivity index (χ4n) is 1.59. The van der Waals surface area contributed by atoms with Crippen LogP contribution in [0.3, 0.4) is 0 Å². The molecule has 1 unspecified atom stereocenters. The fraction of sp³-hybridized carbons (Fsp3) is 0.385. The standard InChI is InChI=1S/C13H14F5NO/c1-3-8-12(14,15)11(13(16,17)18)19-9-4-6-10(20-2)7-5-9/h3-7,11,19H,1,8H2,2H3. The van der Waals surface area contributed by atoms with E-state index in [-0.39, 0.29) is 5.69 Å². The molecule has 0 spiro atoms. The van der Waals surface area contributed by atoms with Crippen molar-refractivity contribution in [2.45, 2.75) is 24.6 Å². The molecule has 0 aliphatic heterocycles. The second kappa shape index (κ2) is 6.11. The van der Waals surface area contributed by atoms with Crippen LogP contribution in [-0.2, 0) is 0 Å². The lowest BCUT2D eigenvalue weighted by molar-refractivity contribution is -0.197. The lowest BCUT2D eigenvalue weighted by Gasteiger charge is -2.29. The van der Waals surface area contributed by atoms with Crippen LogP contribution in [0.4, 0.5) is 27.6 Å². The van der Waals surface area contributed by atoms with Crippen molar-refractivity contribution >= 4 is 5.69 Å². The van der Waals surface area contributed by atoms with Gasteiger partial charge >= 0.3 is 6.18 Å². The third kappa shape index (κ3) is 4.11. The number of benzene rings is 1. The molecule has 0 aliphatic rings. The molecule has 2 nitrogen and oxygen atoms in total. The summed E-state index contributed by atoms with van der Waals surface area (Å²) in [5.41, 5.74) is -0.0723. The van der Waals surface area contributed by atoms with Gasteiger partial charge in [-0.25, -0.2) is 8.78 Å². The normalized spacial score (nSPS) is 13.7. The summed E-state index contributed by atoms with van der Waals surface area (Å²) >= 11 is 0. The van der Waals surface area contributed by atoms with Crippen molar-refractivity contribution in [2.24, 2.45) is 0 Å². The van der Waals surface area contributed by atoms with Gasteiger partial charge in [0, 0.05) is 12.1 Å². The Hall–Kier alpha value is -1.79. The molecule has 1 atom stereocenters. The number of hydrogen-bond donors (Lipinski definition) is 1. The number of allylic oxidation sites excluding steroid dienone is 1. The van der Waals surface area contributed by atoms with Gasteiger partial charge in [0.1, 0.15) is 5.75 Å². The maximum atomic E-state index is 13.5. The van der Waals surface area contributed by atoms with E-state index < -0.39 is 24.6 Å². The number of halogens is 5. The minimum atomic E-state index is -5.09. The summed E-state index contributed by atoms with van der Waals surface area (Å²) in [5.74, 6) is -3.57. The predicted molar refractivity (Wildman–Crippen MR) is 66.2 cm³/mol. The van der Waals surface area contributed by atoms with Crippen LogP contribution in [0, 0.1) is 0 Å². The summed E-state index contributed by atoms with van der Waals surface area (Å²) in [7, 11) is 1.39. The summed E-state index contributed by atoms with van der Waals surface area (Å²) in [4.78, 5) is 0. The quantitative estimate of drug-likeness (QED) is 0.626. The summed E-state index contributed by atoms with van der Waals surface area (Å²) in [6.45, 7) is 3.05. The highest BCUT2D eigenvalue weighted by atomic mass is 19.4. The predicted octanol–water partition coefficient (Wildman–Crippen LogP) is 4.25. The summed E-state index contributed by atoms with van der Waals surface area (Å²) in [6, 6.07) is 2.24. The molecule has 0 bridgehead atoms. The Balaban J connectivity index is 2.98. The number of hydrogen-bond acceptors (Lipinski definition) is 2. The van der Waals surface area contributed by atoms with Crippen molar-refractivity contribution in [3.05, 3.63) is 36.9 Å². The van der Waals surface area contributed by atoms with Crippen LogP contribution in [0.15, 0.2) is 36.9 Å². The van der Waals surface area contributed by atoms with E-state index in [1.807, 2.05) is 5.32 Å². The van der Waals surface area contributed by atoms with Gasteiger partial charge in [-0.2, -0.15) is 13.2 Å². The molecular formula is C13H14F5NO. The molecule has 0 fully saturated rings. The maximum Gasteiger partial charge on any atom is 0.414 e. The van der Waals surface area contributed by atoms with E-state index in [4.69, 9.17) is 4.74 Å². The largest absolute Gasteiger partial charge is 0.497 e. The van der Waals surface area contributed by atoms with E-state index >= 15 is 0 Å². The second-order valence-electron chi connectivity index (χ2n) is 4.10. The zero-order valence-electron chi connectivity index (χ0n) is 10.7. The van der Waals surface area contributed by atoms with Gasteiger partial charge in [-0.3, -0.25) is 0 Å². The van der Waals surface area contributed by atoms with E-state index in [1.165, 1.54) is 31.4 Å². The van der Waals surface area contributed by atoms with E-state index in [0.717, 1.165) is 6.08 Å². The molecule has 1 N–H and O–H groups in total. The van der Waals surface area contributed by atoms with Crippen LogP contribution in [-0.4, -0.2) is 25.3 Å². The Bertz CT molecular complexity index is 441. The molecule has 0 heterocycles. The minimum absolute atomic E-state index is 0.0723. The van der Waals surface area contributed by atoms with Crippen LogP contribution in [0.1, 0.15) is 6.42 Å². The van der Waals surface area contributed by atoms with Crippen molar-refractivity contribution in [3.63, 3.8) is 0 Å². The zero-order valence-corrected chi connectivity index (χ0v) is 10.7. The van der Waals surface area contributed by atoms with Crippen molar-refractivity contribution in [2.75, 3.05) is 12.4 Å². The Morgan fingerprint density at radius 3 is 2.15 bits per heavy atom. The smallest absolute Gasteiger partial charge is 0.414 e. The molecule has 0 aromatic heterocycles. The van der Waals surface area contributed by atoms with Crippen LogP contribution < -0.4 is 10.1 Å². The Morgan fingerprint density at radius 2 is 1.75 bits per heavy atom. The topological polar surface area (TPSA) is 21.3 Å². The van der Waals surface area contributed by atoms with Gasteiger partial charge in [-0.15, -0.1) is 6.58 Å². The third-order valence-corrected chi connectivity index (χ3v) is 2.57. The molecule has 0 saturated carbocycles. The first-order chi connectivity index (χ1) is 9.20. The first-order valence-corrected chi connectivity index (χ1v) is 5.66. The summed E-state index contributed by atoms with van der Waals surface area (Å²) in [6.07, 6.45) is -5.40. The number of rotatable bonds is 6. The van der Waals surface area contributed by atoms with Crippen LogP contribution >= 0.6 is 0 Å².